The van der Waals surface area contributed by atoms with Gasteiger partial charge in [0.2, 0.25) is 0 Å². The zero-order chi connectivity index (χ0) is 19.6. The summed E-state index contributed by atoms with van der Waals surface area (Å²) in [4.78, 5) is 16.0. The summed E-state index contributed by atoms with van der Waals surface area (Å²) in [5.41, 5.74) is 1.64. The molecule has 3 rings (SSSR count). The van der Waals surface area contributed by atoms with Crippen LogP contribution in [0.2, 0.25) is 20.4 Å². The molecule has 0 unspecified atom stereocenters. The van der Waals surface area contributed by atoms with Crippen molar-refractivity contribution in [2.75, 3.05) is 5.32 Å². The van der Waals surface area contributed by atoms with Crippen molar-refractivity contribution in [2.24, 2.45) is 0 Å². The van der Waals surface area contributed by atoms with E-state index in [0.29, 0.717) is 38.3 Å². The number of nitrogens with one attached hydrogen (secondary N) is 1. The monoisotopic (exact) mass is 445 g/mol. The van der Waals surface area contributed by atoms with Gasteiger partial charge in [-0.25, -0.2) is 9.78 Å². The van der Waals surface area contributed by atoms with E-state index in [4.69, 9.17) is 55.7 Å². The summed E-state index contributed by atoms with van der Waals surface area (Å²) in [5, 5.41) is 7.68. The molecular formula is C17H11Cl4N3O3. The number of ether oxygens (including phenoxy) is 1. The second-order valence-corrected chi connectivity index (χ2v) is 6.97. The Hall–Kier alpha value is -1.99. The number of anilines is 1. The van der Waals surface area contributed by atoms with E-state index >= 15 is 0 Å². The number of pyridine rings is 1. The number of halogens is 4. The fourth-order valence-electron chi connectivity index (χ4n) is 2.30. The van der Waals surface area contributed by atoms with Crippen LogP contribution >= 0.6 is 46.4 Å². The first-order valence-corrected chi connectivity index (χ1v) is 9.02. The SMILES string of the molecule is Cc1onc(-c2c(Cl)cccc2Cl)c1NC(=O)OCc1cc(Cl)nc(Cl)c1. The van der Waals surface area contributed by atoms with E-state index in [1.165, 1.54) is 0 Å². The Morgan fingerprint density at radius 2 is 1.78 bits per heavy atom. The van der Waals surface area contributed by atoms with Gasteiger partial charge < -0.3 is 9.26 Å². The summed E-state index contributed by atoms with van der Waals surface area (Å²) in [7, 11) is 0. The highest BCUT2D eigenvalue weighted by molar-refractivity contribution is 6.39. The Morgan fingerprint density at radius 3 is 2.41 bits per heavy atom. The number of aryl methyl sites for hydroxylation is 1. The van der Waals surface area contributed by atoms with Crippen molar-refractivity contribution in [1.82, 2.24) is 10.1 Å². The number of carbonyl (C=O) groups is 1. The number of carbonyl (C=O) groups excluding carboxylic acids is 1. The molecule has 1 N–H and O–H groups in total. The van der Waals surface area contributed by atoms with Crippen molar-refractivity contribution < 1.29 is 14.1 Å². The number of nitrogens with zero attached hydrogens (tertiary/aromatic N) is 2. The molecule has 0 spiro atoms. The van der Waals surface area contributed by atoms with E-state index in [1.807, 2.05) is 0 Å². The molecule has 6 nitrogen and oxygen atoms in total. The Labute approximate surface area is 174 Å². The van der Waals surface area contributed by atoms with Crippen molar-refractivity contribution in [2.45, 2.75) is 13.5 Å². The molecule has 10 heteroatoms. The van der Waals surface area contributed by atoms with E-state index in [1.54, 1.807) is 37.3 Å². The van der Waals surface area contributed by atoms with Crippen molar-refractivity contribution >= 4 is 58.2 Å². The van der Waals surface area contributed by atoms with Gasteiger partial charge in [-0.05, 0) is 36.8 Å². The van der Waals surface area contributed by atoms with Crippen molar-refractivity contribution in [3.8, 4) is 11.3 Å². The van der Waals surface area contributed by atoms with Gasteiger partial charge in [-0.1, -0.05) is 57.6 Å². The van der Waals surface area contributed by atoms with Gasteiger partial charge >= 0.3 is 6.09 Å². The molecule has 140 valence electrons. The predicted molar refractivity (Wildman–Crippen MR) is 105 cm³/mol. The van der Waals surface area contributed by atoms with Gasteiger partial charge in [0.05, 0.1) is 10.0 Å². The lowest BCUT2D eigenvalue weighted by molar-refractivity contribution is 0.155. The van der Waals surface area contributed by atoms with E-state index in [2.05, 4.69) is 15.5 Å². The number of hydrogen-bond acceptors (Lipinski definition) is 5. The molecule has 2 aromatic heterocycles. The van der Waals surface area contributed by atoms with E-state index in [-0.39, 0.29) is 16.9 Å². The van der Waals surface area contributed by atoms with Gasteiger partial charge in [0.15, 0.2) is 5.76 Å². The first-order chi connectivity index (χ1) is 12.8. The van der Waals surface area contributed by atoms with Gasteiger partial charge in [-0.2, -0.15) is 0 Å². The highest BCUT2D eigenvalue weighted by atomic mass is 35.5. The van der Waals surface area contributed by atoms with Crippen LogP contribution in [0.15, 0.2) is 34.9 Å². The van der Waals surface area contributed by atoms with Crippen LogP contribution in [0.5, 0.6) is 0 Å². The van der Waals surface area contributed by atoms with Crippen molar-refractivity contribution in [1.29, 1.82) is 0 Å². The van der Waals surface area contributed by atoms with Crippen LogP contribution in [0.25, 0.3) is 11.3 Å². The Bertz CT molecular complexity index is 967. The average molecular weight is 447 g/mol. The maximum atomic E-state index is 12.2. The maximum Gasteiger partial charge on any atom is 0.412 e. The molecule has 1 aromatic carbocycles. The first kappa shape index (κ1) is 19.8. The van der Waals surface area contributed by atoms with Gasteiger partial charge in [0.1, 0.15) is 28.3 Å². The molecule has 1 amide bonds. The maximum absolute atomic E-state index is 12.2. The Kier molecular flexibility index (Phi) is 6.11. The van der Waals surface area contributed by atoms with Gasteiger partial charge in [-0.3, -0.25) is 5.32 Å². The molecule has 0 saturated carbocycles. The molecule has 2 heterocycles. The zero-order valence-corrected chi connectivity index (χ0v) is 16.7. The van der Waals surface area contributed by atoms with Gasteiger partial charge in [-0.15, -0.1) is 0 Å². The van der Waals surface area contributed by atoms with Gasteiger partial charge in [0.25, 0.3) is 0 Å². The number of benzene rings is 1. The summed E-state index contributed by atoms with van der Waals surface area (Å²) < 4.78 is 10.4. The average Bonchev–Trinajstić information content (AvgIpc) is 2.93. The number of rotatable bonds is 4. The first-order valence-electron chi connectivity index (χ1n) is 7.51. The summed E-state index contributed by atoms with van der Waals surface area (Å²) in [6, 6.07) is 8.10. The van der Waals surface area contributed by atoms with Crippen LogP contribution in [0.4, 0.5) is 10.5 Å². The molecule has 3 aromatic rings. The molecule has 0 radical (unpaired) electrons. The number of aromatic nitrogens is 2. The highest BCUT2D eigenvalue weighted by Gasteiger charge is 2.21. The Morgan fingerprint density at radius 1 is 1.15 bits per heavy atom. The van der Waals surface area contributed by atoms with Gasteiger partial charge in [0, 0.05) is 5.56 Å². The summed E-state index contributed by atoms with van der Waals surface area (Å²) in [6.07, 6.45) is -0.727. The van der Waals surface area contributed by atoms with Crippen LogP contribution in [-0.2, 0) is 11.3 Å². The normalized spacial score (nSPS) is 10.7. The molecule has 27 heavy (non-hydrogen) atoms. The third kappa shape index (κ3) is 4.65. The summed E-state index contributed by atoms with van der Waals surface area (Å²) in [5.74, 6) is 0.368. The van der Waals surface area contributed by atoms with E-state index < -0.39 is 6.09 Å². The minimum atomic E-state index is -0.727. The zero-order valence-electron chi connectivity index (χ0n) is 13.7. The van der Waals surface area contributed by atoms with Crippen LogP contribution in [0.3, 0.4) is 0 Å². The number of hydrogen-bond donors (Lipinski definition) is 1. The lowest BCUT2D eigenvalue weighted by Crippen LogP contribution is -2.14. The largest absolute Gasteiger partial charge is 0.444 e. The fraction of sp³-hybridized carbons (Fsp3) is 0.118. The summed E-state index contributed by atoms with van der Waals surface area (Å²) >= 11 is 24.1. The minimum absolute atomic E-state index is 0.0553. The molecule has 0 aliphatic heterocycles. The lowest BCUT2D eigenvalue weighted by Gasteiger charge is -2.09. The molecule has 0 aliphatic carbocycles. The number of amides is 1. The standard InChI is InChI=1S/C17H11Cl4N3O3/c1-8-15(16(24-27-8)14-10(18)3-2-4-11(14)19)23-17(25)26-7-9-5-12(20)22-13(21)6-9/h2-6H,7H2,1H3,(H,23,25). The molecule has 0 aliphatic rings. The van der Waals surface area contributed by atoms with Crippen LogP contribution < -0.4 is 5.32 Å². The third-order valence-corrected chi connectivity index (χ3v) is 4.50. The molecular weight excluding hydrogens is 436 g/mol. The quantitative estimate of drug-likeness (QED) is 0.468. The molecule has 0 fully saturated rings. The summed E-state index contributed by atoms with van der Waals surface area (Å²) in [6.45, 7) is 1.58. The smallest absolute Gasteiger partial charge is 0.412 e. The van der Waals surface area contributed by atoms with Crippen LogP contribution in [-0.4, -0.2) is 16.2 Å². The fourth-order valence-corrected chi connectivity index (χ4v) is 3.38. The highest BCUT2D eigenvalue weighted by Crippen LogP contribution is 2.39. The second kappa shape index (κ2) is 8.35. The molecule has 0 saturated heterocycles. The van der Waals surface area contributed by atoms with Crippen molar-refractivity contribution in [3.05, 3.63) is 62.0 Å². The minimum Gasteiger partial charge on any atom is -0.444 e. The van der Waals surface area contributed by atoms with Crippen molar-refractivity contribution in [3.63, 3.8) is 0 Å². The van der Waals surface area contributed by atoms with E-state index in [9.17, 15) is 4.79 Å². The third-order valence-electron chi connectivity index (χ3n) is 3.48. The topological polar surface area (TPSA) is 77.2 Å². The molecule has 0 bridgehead atoms. The van der Waals surface area contributed by atoms with E-state index in [0.717, 1.165) is 0 Å². The lowest BCUT2D eigenvalue weighted by atomic mass is 10.1. The molecule has 0 atom stereocenters. The second-order valence-electron chi connectivity index (χ2n) is 5.38. The Balaban J connectivity index is 1.78. The van der Waals surface area contributed by atoms with Crippen LogP contribution in [0.1, 0.15) is 11.3 Å². The predicted octanol–water partition coefficient (Wildman–Crippen LogP) is 6.41. The van der Waals surface area contributed by atoms with Crippen LogP contribution in [0, 0.1) is 6.92 Å².